The number of hydrogen-bond acceptors (Lipinski definition) is 31. The van der Waals surface area contributed by atoms with E-state index in [9.17, 15) is 51.6 Å². The number of thiazole rings is 1. The standard InChI is InChI=1S/C38H2.C10H12O3.C8H12O5.C8H8O3.C7H7NO3.C7H10O5.C5H5NO3S.C5H7O5S.C5H8O4.C5H10O4.C2H4O3.Pr/c1-3-5-7-9-11-13-15-17-19-21-23-25-27-29-31-33-35-37-38-36-34-32-30-28-26-24-22-20-18-16-14-12-10-8-6-4-2;1-7-4-3-5-8(2)9(7)6-13-10(11)12;9-8(10)13-6-4-12-7-5(6)2-1-3-11-7;9-8(10)11-6-7-4-2-1-3-5-7;9-7(10)11-5-6-2-1-3-8-4-6;8-7(9)12-5-3-11-6-4(5)1-2-10-6;7-5(8)9-2-4-1-6-3-10-4;6-5(7)10-4-1-2-11(8,9)3-4;6-5(7)9-4-1-2-8-3-4;1-2-4(3-6)9-5(7)8;1-5-2(3)4;/h1-2H;3-5H,6H2,1-2H3,(H,11,12);5-7H,1-4H2,(H,9,10);1-5H,6H2,(H,9,10);1-4H,5H2,(H,9,10);4-6H,1-3H2,(H,8,9);1,3H,2H2,(H,7,8);3-4H,1-2H2,(H,6,7);4H,1-3H2,(H,6,7);4,6H,2-3H2,1H3,(H,7,8);1H3,(H,3,4);/q;;;;;;;-1;;;;. The van der Waals surface area contributed by atoms with Gasteiger partial charge < -0.3 is 127 Å². The van der Waals surface area contributed by atoms with Crippen molar-refractivity contribution >= 4 is 82.7 Å². The Labute approximate surface area is 860 Å². The molecule has 1 radical (unpaired) electrons. The Hall–Kier alpha value is -17.4. The number of hydrogen-bond donors (Lipinski definition) is 11. The van der Waals surface area contributed by atoms with Gasteiger partial charge in [0.1, 0.15) is 50.8 Å². The van der Waals surface area contributed by atoms with Crippen molar-refractivity contribution in [3.8, 4) is 226 Å². The van der Waals surface area contributed by atoms with Gasteiger partial charge in [0.15, 0.2) is 12.6 Å². The molecule has 8 heterocycles. The van der Waals surface area contributed by atoms with Crippen molar-refractivity contribution in [3.05, 3.63) is 123 Å². The molecule has 43 heteroatoms. The second-order valence-electron chi connectivity index (χ2n) is 25.3. The maximum atomic E-state index is 10.7. The molecular weight excluding hydrogens is 2040 g/mol. The zero-order valence-electron chi connectivity index (χ0n) is 76.0. The normalized spacial score (nSPS) is 15.6. The summed E-state index contributed by atoms with van der Waals surface area (Å²) < 4.78 is 90.5. The Morgan fingerprint density at radius 2 is 0.839 bits per heavy atom. The number of rotatable bonds is 15. The van der Waals surface area contributed by atoms with Crippen LogP contribution in [0, 0.1) is 299 Å². The molecule has 6 saturated heterocycles. The van der Waals surface area contributed by atoms with Crippen molar-refractivity contribution < 1.29 is 225 Å². The van der Waals surface area contributed by atoms with Crippen molar-refractivity contribution in [2.24, 2.45) is 11.8 Å². The van der Waals surface area contributed by atoms with Gasteiger partial charge in [0.05, 0.1) is 63.1 Å². The molecule has 0 amide bonds. The van der Waals surface area contributed by atoms with Gasteiger partial charge in [-0.15, -0.1) is 24.2 Å². The second kappa shape index (κ2) is 84.0. The summed E-state index contributed by atoms with van der Waals surface area (Å²) in [7, 11) is -2.05. The number of aliphatic hydroxyl groups is 1. The first-order valence-electron chi connectivity index (χ1n) is 39.9. The number of fused-ring (bicyclic) bond motifs is 2. The van der Waals surface area contributed by atoms with Crippen LogP contribution >= 0.6 is 11.3 Å². The van der Waals surface area contributed by atoms with Crippen molar-refractivity contribution in [1.29, 1.82) is 0 Å². The summed E-state index contributed by atoms with van der Waals surface area (Å²) in [6.07, 6.45) is 3.24. The number of sulfone groups is 1. The van der Waals surface area contributed by atoms with Crippen LogP contribution in [0.5, 0.6) is 0 Å². The zero-order valence-corrected chi connectivity index (χ0v) is 81.3. The summed E-state index contributed by atoms with van der Waals surface area (Å²) in [5, 5.41) is 89.6. The SMILES string of the molecule is C#CC#CC#CC#CC#CC#CC#CC#CC#CC#CC#CC#CC#CC#CC#CC#CC#CC#CC#C.CCC(CO)OC(=O)O.COC(=O)O.Cc1cccc(C)c1COC(=O)O.O=C(O)OC1CCOC1.O=C(O)OC1COC2OCCC12.O=C(O)OC1COC2OCCCC12.O=C(O)OC1[CH-]S(=O)(=O)CC1.O=C(O)OCc1ccccc1.O=C(O)OCc1cccnc1.O=C(O)OCc1cncs1.[Pr]. The van der Waals surface area contributed by atoms with E-state index in [-0.39, 0.29) is 129 Å². The van der Waals surface area contributed by atoms with E-state index in [1.54, 1.807) is 43.2 Å². The molecule has 4 aromatic rings. The minimum atomic E-state index is -3.15. The molecule has 2 aromatic heterocycles. The first-order valence-corrected chi connectivity index (χ1v) is 42.5. The molecule has 6 aliphatic rings. The number of aryl methyl sites for hydroxylation is 2. The number of pyridine rings is 1. The monoisotopic (exact) mass is 2130 g/mol. The predicted molar refractivity (Wildman–Crippen MR) is 497 cm³/mol. The van der Waals surface area contributed by atoms with Crippen LogP contribution in [0.3, 0.4) is 0 Å². The molecular formula is C100H85N2O38PrS2-. The Morgan fingerprint density at radius 3 is 1.17 bits per heavy atom. The van der Waals surface area contributed by atoms with Gasteiger partial charge in [-0.05, 0) is 175 Å². The van der Waals surface area contributed by atoms with E-state index in [0.717, 1.165) is 64.8 Å². The number of nitrogens with zero attached hydrogens (tertiary/aromatic N) is 2. The third kappa shape index (κ3) is 75.4. The molecule has 0 spiro atoms. The molecule has 2 aromatic carbocycles. The minimum Gasteiger partial charge on any atom is -0.463 e. The van der Waals surface area contributed by atoms with Gasteiger partial charge >= 0.3 is 61.6 Å². The first-order chi connectivity index (χ1) is 68.2. The van der Waals surface area contributed by atoms with E-state index in [1.165, 1.54) is 11.3 Å². The van der Waals surface area contributed by atoms with Crippen LogP contribution in [-0.4, -0.2) is 238 Å². The fraction of sp³-hybridized carbons (Fsp3) is 0.310. The maximum Gasteiger partial charge on any atom is 0.506 e. The third-order valence-corrected chi connectivity index (χ3v) is 17.8. The van der Waals surface area contributed by atoms with E-state index < -0.39 is 83.6 Å². The average molecular weight is 2130 g/mol. The van der Waals surface area contributed by atoms with E-state index >= 15 is 0 Å². The number of aromatic nitrogens is 2. The molecule has 143 heavy (non-hydrogen) atoms. The minimum absolute atomic E-state index is 0. The molecule has 739 valence electrons. The quantitative estimate of drug-likeness (QED) is 0.0228. The van der Waals surface area contributed by atoms with Crippen LogP contribution in [0.2, 0.25) is 0 Å². The molecule has 0 bridgehead atoms. The predicted octanol–water partition coefficient (Wildman–Crippen LogP) is 9.84. The van der Waals surface area contributed by atoms with Gasteiger partial charge in [0.25, 0.3) is 0 Å². The number of benzene rings is 2. The summed E-state index contributed by atoms with van der Waals surface area (Å²) in [4.78, 5) is 108. The molecule has 0 saturated carbocycles. The second-order valence-corrected chi connectivity index (χ2v) is 28.3. The Morgan fingerprint density at radius 1 is 0.441 bits per heavy atom. The molecule has 6 fully saturated rings. The van der Waals surface area contributed by atoms with Gasteiger partial charge in [-0.25, -0.2) is 47.9 Å². The van der Waals surface area contributed by atoms with E-state index in [1.807, 2.05) is 62.4 Å². The summed E-state index contributed by atoms with van der Waals surface area (Å²) in [6, 6.07) is 18.4. The van der Waals surface area contributed by atoms with Crippen molar-refractivity contribution in [2.45, 2.75) is 129 Å². The molecule has 40 nitrogen and oxygen atoms in total. The van der Waals surface area contributed by atoms with Crippen molar-refractivity contribution in [2.75, 3.05) is 59.1 Å². The maximum absolute atomic E-state index is 10.7. The number of carbonyl (C=O) groups is 10. The van der Waals surface area contributed by atoms with Crippen LogP contribution in [0.4, 0.5) is 47.9 Å². The van der Waals surface area contributed by atoms with Crippen molar-refractivity contribution in [1.82, 2.24) is 9.97 Å². The van der Waals surface area contributed by atoms with Gasteiger partial charge in [-0.3, -0.25) is 18.4 Å². The largest absolute Gasteiger partial charge is 0.506 e. The molecule has 10 rings (SSSR count). The molecule has 6 aliphatic heterocycles. The van der Waals surface area contributed by atoms with Crippen LogP contribution in [0.1, 0.15) is 78.1 Å². The van der Waals surface area contributed by atoms with Gasteiger partial charge in [-0.2, -0.15) is 5.75 Å². The Balaban J connectivity index is 0. The van der Waals surface area contributed by atoms with Crippen LogP contribution < -0.4 is 0 Å². The molecule has 11 N–H and O–H groups in total. The summed E-state index contributed by atoms with van der Waals surface area (Å²) in [6.45, 7) is 8.77. The summed E-state index contributed by atoms with van der Waals surface area (Å²) >= 11 is 1.37. The number of terminal acetylenes is 2. The van der Waals surface area contributed by atoms with Crippen LogP contribution in [0.25, 0.3) is 0 Å². The number of methoxy groups -OCH3 is 1. The zero-order chi connectivity index (χ0) is 105. The van der Waals surface area contributed by atoms with Crippen LogP contribution in [0.15, 0.2) is 84.8 Å². The number of ether oxygens (including phenoxy) is 15. The van der Waals surface area contributed by atoms with E-state index in [0.29, 0.717) is 52.5 Å². The topological polar surface area (TPSA) is 592 Å². The average Bonchev–Trinajstić information content (AvgIpc) is 1.68. The summed E-state index contributed by atoms with van der Waals surface area (Å²) in [5.41, 5.74) is 6.29. The molecule has 0 aliphatic carbocycles. The van der Waals surface area contributed by atoms with Gasteiger partial charge in [0, 0.05) is 218 Å². The molecule has 9 unspecified atom stereocenters. The van der Waals surface area contributed by atoms with Crippen LogP contribution in [-0.2, 0) is 107 Å². The summed E-state index contributed by atoms with van der Waals surface area (Å²) in [5.74, 6) is 89.2. The number of carboxylic acid groups (broad SMARTS) is 10. The first kappa shape index (κ1) is 128. The number of aliphatic hydroxyl groups excluding tert-OH is 1. The Kier molecular flexibility index (Phi) is 75.0. The Bertz CT molecular complexity index is 5970. The van der Waals surface area contributed by atoms with E-state index in [2.05, 4.69) is 266 Å². The van der Waals surface area contributed by atoms with Gasteiger partial charge in [-0.1, -0.05) is 61.5 Å². The molecule has 9 atom stereocenters. The van der Waals surface area contributed by atoms with E-state index in [4.69, 9.17) is 102 Å². The van der Waals surface area contributed by atoms with Gasteiger partial charge in [0.2, 0.25) is 0 Å². The third-order valence-electron chi connectivity index (χ3n) is 15.6. The fourth-order valence-electron chi connectivity index (χ4n) is 9.63. The smallest absolute Gasteiger partial charge is 0.463 e. The fourth-order valence-corrected chi connectivity index (χ4v) is 11.5. The van der Waals surface area contributed by atoms with Crippen molar-refractivity contribution in [3.63, 3.8) is 0 Å².